The first-order chi connectivity index (χ1) is 9.95. The number of rotatable bonds is 2. The third kappa shape index (κ3) is 2.70. The van der Waals surface area contributed by atoms with E-state index in [0.717, 1.165) is 22.1 Å². The smallest absolute Gasteiger partial charge is 0.256 e. The summed E-state index contributed by atoms with van der Waals surface area (Å²) in [6.07, 6.45) is 1.87. The summed E-state index contributed by atoms with van der Waals surface area (Å²) >= 11 is 0. The van der Waals surface area contributed by atoms with Crippen LogP contribution in [-0.4, -0.2) is 19.2 Å². The monoisotopic (exact) mass is 297 g/mol. The molecule has 1 amide bonds. The van der Waals surface area contributed by atoms with Gasteiger partial charge in [-0.15, -0.1) is 0 Å². The van der Waals surface area contributed by atoms with Crippen molar-refractivity contribution in [2.24, 2.45) is 0 Å². The van der Waals surface area contributed by atoms with Crippen molar-refractivity contribution in [1.29, 1.82) is 0 Å². The number of carbonyl (C=O) groups excluding carboxylic acids is 1. The Morgan fingerprint density at radius 3 is 2.43 bits per heavy atom. The van der Waals surface area contributed by atoms with E-state index >= 15 is 0 Å². The fourth-order valence-corrected chi connectivity index (χ4v) is 3.25. The molecule has 0 aliphatic carbocycles. The van der Waals surface area contributed by atoms with Gasteiger partial charge in [0.25, 0.3) is 5.91 Å². The maximum absolute atomic E-state index is 12.1. The summed E-state index contributed by atoms with van der Waals surface area (Å²) in [6.45, 7) is 3.46. The van der Waals surface area contributed by atoms with Gasteiger partial charge in [-0.1, -0.05) is 42.5 Å². The van der Waals surface area contributed by atoms with E-state index in [2.05, 4.69) is 5.32 Å². The highest BCUT2D eigenvalue weighted by atomic mass is 31.2. The number of hydrogen-bond donors (Lipinski definition) is 1. The number of fused-ring (bicyclic) bond motifs is 1. The minimum absolute atomic E-state index is 0.118. The van der Waals surface area contributed by atoms with Crippen LogP contribution in [-0.2, 0) is 9.36 Å². The first kappa shape index (κ1) is 13.8. The molecule has 3 nitrogen and oxygen atoms in total. The van der Waals surface area contributed by atoms with Crippen molar-refractivity contribution < 1.29 is 9.36 Å². The van der Waals surface area contributed by atoms with Crippen LogP contribution >= 0.6 is 7.14 Å². The fourth-order valence-electron chi connectivity index (χ4n) is 2.38. The van der Waals surface area contributed by atoms with Gasteiger partial charge in [0.1, 0.15) is 7.14 Å². The molecule has 0 saturated carbocycles. The molecule has 106 valence electrons. The van der Waals surface area contributed by atoms with Crippen LogP contribution in [0, 0.1) is 0 Å². The fraction of sp³-hybridized carbons (Fsp3) is 0.118. The molecule has 1 N–H and O–H groups in total. The summed E-state index contributed by atoms with van der Waals surface area (Å²) < 4.78 is 12.1. The van der Waals surface area contributed by atoms with Crippen LogP contribution in [0.4, 0.5) is 5.69 Å². The number of amides is 1. The Hall–Kier alpha value is -2.12. The second-order valence-corrected chi connectivity index (χ2v) is 8.72. The van der Waals surface area contributed by atoms with E-state index in [9.17, 15) is 9.36 Å². The van der Waals surface area contributed by atoms with Gasteiger partial charge in [-0.25, -0.2) is 0 Å². The molecule has 1 aliphatic heterocycles. The predicted molar refractivity (Wildman–Crippen MR) is 88.5 cm³/mol. The van der Waals surface area contributed by atoms with E-state index in [-0.39, 0.29) is 5.91 Å². The van der Waals surface area contributed by atoms with Gasteiger partial charge in [-0.2, -0.15) is 0 Å². The molecule has 1 heterocycles. The number of nitrogens with one attached hydrogen (secondary N) is 1. The SMILES string of the molecule is CP(C)(=O)c1ccc2c(c1)NC(=O)C2=Cc1ccccc1. The predicted octanol–water partition coefficient (Wildman–Crippen LogP) is 3.43. The number of anilines is 1. The highest BCUT2D eigenvalue weighted by Crippen LogP contribution is 2.39. The van der Waals surface area contributed by atoms with E-state index < -0.39 is 7.14 Å². The molecule has 0 atom stereocenters. The van der Waals surface area contributed by atoms with Gasteiger partial charge >= 0.3 is 0 Å². The Kier molecular flexibility index (Phi) is 3.30. The molecule has 2 aromatic rings. The molecule has 0 radical (unpaired) electrons. The minimum atomic E-state index is -2.33. The Morgan fingerprint density at radius 1 is 1.05 bits per heavy atom. The third-order valence-corrected chi connectivity index (χ3v) is 5.04. The van der Waals surface area contributed by atoms with E-state index in [1.54, 1.807) is 13.3 Å². The lowest BCUT2D eigenvalue weighted by atomic mass is 10.0. The zero-order chi connectivity index (χ0) is 15.0. The molecule has 4 heteroatoms. The molecule has 0 spiro atoms. The van der Waals surface area contributed by atoms with Crippen molar-refractivity contribution in [2.75, 3.05) is 18.6 Å². The lowest BCUT2D eigenvalue weighted by Crippen LogP contribution is -2.05. The second-order valence-electron chi connectivity index (χ2n) is 5.50. The molecule has 0 unspecified atom stereocenters. The van der Waals surface area contributed by atoms with Crippen LogP contribution in [0.1, 0.15) is 11.1 Å². The van der Waals surface area contributed by atoms with Crippen molar-refractivity contribution in [1.82, 2.24) is 0 Å². The van der Waals surface area contributed by atoms with Crippen LogP contribution in [0.15, 0.2) is 48.5 Å². The van der Waals surface area contributed by atoms with E-state index in [1.807, 2.05) is 54.6 Å². The van der Waals surface area contributed by atoms with Crippen LogP contribution in [0.5, 0.6) is 0 Å². The van der Waals surface area contributed by atoms with E-state index in [4.69, 9.17) is 0 Å². The zero-order valence-electron chi connectivity index (χ0n) is 12.0. The maximum atomic E-state index is 12.1. The van der Waals surface area contributed by atoms with Gasteiger partial charge in [0.2, 0.25) is 0 Å². The summed E-state index contributed by atoms with van der Waals surface area (Å²) in [6, 6.07) is 15.3. The highest BCUT2D eigenvalue weighted by molar-refractivity contribution is 7.70. The first-order valence-corrected chi connectivity index (χ1v) is 9.33. The molecule has 0 saturated heterocycles. The molecule has 1 aliphatic rings. The standard InChI is InChI=1S/C17H16NO2P/c1-21(2,20)13-8-9-14-15(17(19)18-16(14)11-13)10-12-6-4-3-5-7-12/h3-11H,1-2H3,(H,18,19). The normalized spacial score (nSPS) is 15.9. The Balaban J connectivity index is 2.07. The van der Waals surface area contributed by atoms with Crippen LogP contribution in [0.25, 0.3) is 11.6 Å². The van der Waals surface area contributed by atoms with Gasteiger partial charge in [0.15, 0.2) is 0 Å². The summed E-state index contributed by atoms with van der Waals surface area (Å²) in [7, 11) is -2.33. The number of hydrogen-bond acceptors (Lipinski definition) is 2. The molecular weight excluding hydrogens is 281 g/mol. The van der Waals surface area contributed by atoms with Gasteiger partial charge in [0, 0.05) is 22.1 Å². The first-order valence-electron chi connectivity index (χ1n) is 6.73. The van der Waals surface area contributed by atoms with Crippen molar-refractivity contribution >= 4 is 35.7 Å². The number of benzene rings is 2. The Labute approximate surface area is 124 Å². The van der Waals surface area contributed by atoms with E-state index in [0.29, 0.717) is 5.57 Å². The van der Waals surface area contributed by atoms with E-state index in [1.165, 1.54) is 0 Å². The molecule has 3 rings (SSSR count). The average molecular weight is 297 g/mol. The molecule has 21 heavy (non-hydrogen) atoms. The van der Waals surface area contributed by atoms with Gasteiger partial charge < -0.3 is 9.88 Å². The number of carbonyl (C=O) groups is 1. The molecular formula is C17H16NO2P. The van der Waals surface area contributed by atoms with Crippen LogP contribution < -0.4 is 10.6 Å². The lowest BCUT2D eigenvalue weighted by Gasteiger charge is -2.08. The summed E-state index contributed by atoms with van der Waals surface area (Å²) in [5, 5.41) is 3.63. The third-order valence-electron chi connectivity index (χ3n) is 3.52. The molecule has 0 fully saturated rings. The van der Waals surface area contributed by atoms with Gasteiger partial charge in [-0.05, 0) is 31.0 Å². The summed E-state index contributed by atoms with van der Waals surface area (Å²) in [5.74, 6) is -0.118. The Morgan fingerprint density at radius 2 is 1.76 bits per heavy atom. The maximum Gasteiger partial charge on any atom is 0.256 e. The summed E-state index contributed by atoms with van der Waals surface area (Å²) in [5.41, 5.74) is 3.23. The van der Waals surface area contributed by atoms with Crippen molar-refractivity contribution in [3.8, 4) is 0 Å². The molecule has 0 bridgehead atoms. The highest BCUT2D eigenvalue weighted by Gasteiger charge is 2.25. The van der Waals surface area contributed by atoms with Crippen molar-refractivity contribution in [3.05, 3.63) is 59.7 Å². The van der Waals surface area contributed by atoms with Crippen LogP contribution in [0.3, 0.4) is 0 Å². The quantitative estimate of drug-likeness (QED) is 0.682. The second kappa shape index (κ2) is 5.01. The van der Waals surface area contributed by atoms with Gasteiger partial charge in [-0.3, -0.25) is 4.79 Å². The topological polar surface area (TPSA) is 46.2 Å². The van der Waals surface area contributed by atoms with Crippen molar-refractivity contribution in [3.63, 3.8) is 0 Å². The molecule has 0 aromatic heterocycles. The zero-order valence-corrected chi connectivity index (χ0v) is 12.9. The molecule has 2 aromatic carbocycles. The Bertz CT molecular complexity index is 788. The van der Waals surface area contributed by atoms with Gasteiger partial charge in [0.05, 0.1) is 0 Å². The average Bonchev–Trinajstić information content (AvgIpc) is 2.75. The largest absolute Gasteiger partial charge is 0.321 e. The summed E-state index contributed by atoms with van der Waals surface area (Å²) in [4.78, 5) is 12.1. The minimum Gasteiger partial charge on any atom is -0.321 e. The van der Waals surface area contributed by atoms with Crippen molar-refractivity contribution in [2.45, 2.75) is 0 Å². The lowest BCUT2D eigenvalue weighted by molar-refractivity contribution is -0.110. The van der Waals surface area contributed by atoms with Crippen LogP contribution in [0.2, 0.25) is 0 Å².